The fourth-order valence-corrected chi connectivity index (χ4v) is 3.25. The van der Waals surface area contributed by atoms with Gasteiger partial charge in [0, 0.05) is 31.2 Å². The molecule has 2 N–H and O–H groups in total. The minimum atomic E-state index is 0.239. The SMILES string of the molecule is Clc1ccc(CN2CCNC(c3nc4ccccc4[nH]3)C2)cc1. The zero-order chi connectivity index (χ0) is 15.6. The van der Waals surface area contributed by atoms with Crippen LogP contribution in [0, 0.1) is 0 Å². The number of imidazole rings is 1. The van der Waals surface area contributed by atoms with Crippen LogP contribution in [0.1, 0.15) is 17.4 Å². The third-order valence-electron chi connectivity index (χ3n) is 4.32. The highest BCUT2D eigenvalue weighted by atomic mass is 35.5. The van der Waals surface area contributed by atoms with Gasteiger partial charge in [-0.3, -0.25) is 4.90 Å². The molecule has 0 aliphatic carbocycles. The van der Waals surface area contributed by atoms with Crippen molar-refractivity contribution in [3.63, 3.8) is 0 Å². The van der Waals surface area contributed by atoms with Gasteiger partial charge in [-0.1, -0.05) is 35.9 Å². The van der Waals surface area contributed by atoms with E-state index in [0.29, 0.717) is 0 Å². The lowest BCUT2D eigenvalue weighted by Crippen LogP contribution is -2.45. The molecule has 118 valence electrons. The maximum atomic E-state index is 5.96. The average Bonchev–Trinajstić information content (AvgIpc) is 3.01. The number of piperazine rings is 1. The van der Waals surface area contributed by atoms with Crippen LogP contribution in [0.25, 0.3) is 11.0 Å². The Hall–Kier alpha value is -1.88. The number of hydrogen-bond donors (Lipinski definition) is 2. The molecule has 2 heterocycles. The highest BCUT2D eigenvalue weighted by molar-refractivity contribution is 6.30. The van der Waals surface area contributed by atoms with E-state index in [-0.39, 0.29) is 6.04 Å². The first-order valence-electron chi connectivity index (χ1n) is 7.93. The predicted molar refractivity (Wildman–Crippen MR) is 93.6 cm³/mol. The Bertz CT molecular complexity index is 763. The minimum Gasteiger partial charge on any atom is -0.341 e. The molecule has 1 unspecified atom stereocenters. The molecule has 4 rings (SSSR count). The molecular formula is C18H19ClN4. The molecular weight excluding hydrogens is 308 g/mol. The molecule has 1 aromatic heterocycles. The Kier molecular flexibility index (Phi) is 4.04. The number of rotatable bonds is 3. The van der Waals surface area contributed by atoms with Gasteiger partial charge in [-0.25, -0.2) is 4.98 Å². The highest BCUT2D eigenvalue weighted by Gasteiger charge is 2.23. The molecule has 0 radical (unpaired) electrons. The lowest BCUT2D eigenvalue weighted by molar-refractivity contribution is 0.190. The molecule has 2 aromatic carbocycles. The van der Waals surface area contributed by atoms with Crippen LogP contribution in [0.15, 0.2) is 48.5 Å². The molecule has 1 saturated heterocycles. The Balaban J connectivity index is 1.49. The molecule has 0 amide bonds. The van der Waals surface area contributed by atoms with Crippen LogP contribution in [-0.4, -0.2) is 34.5 Å². The van der Waals surface area contributed by atoms with Crippen LogP contribution in [0.3, 0.4) is 0 Å². The molecule has 1 aliphatic rings. The van der Waals surface area contributed by atoms with Crippen LogP contribution in [-0.2, 0) is 6.54 Å². The number of H-pyrrole nitrogens is 1. The second-order valence-electron chi connectivity index (χ2n) is 6.01. The van der Waals surface area contributed by atoms with Crippen LogP contribution >= 0.6 is 11.6 Å². The summed E-state index contributed by atoms with van der Waals surface area (Å²) in [5, 5.41) is 4.35. The van der Waals surface area contributed by atoms with Crippen LogP contribution in [0.5, 0.6) is 0 Å². The number of fused-ring (bicyclic) bond motifs is 1. The third-order valence-corrected chi connectivity index (χ3v) is 4.57. The fraction of sp³-hybridized carbons (Fsp3) is 0.278. The molecule has 0 spiro atoms. The highest BCUT2D eigenvalue weighted by Crippen LogP contribution is 2.20. The molecule has 0 bridgehead atoms. The van der Waals surface area contributed by atoms with E-state index in [0.717, 1.165) is 48.1 Å². The smallest absolute Gasteiger partial charge is 0.125 e. The first kappa shape index (κ1) is 14.7. The van der Waals surface area contributed by atoms with Crippen molar-refractivity contribution in [2.75, 3.05) is 19.6 Å². The van der Waals surface area contributed by atoms with E-state index in [4.69, 9.17) is 16.6 Å². The van der Waals surface area contributed by atoms with Crippen molar-refractivity contribution in [3.05, 3.63) is 64.9 Å². The first-order valence-corrected chi connectivity index (χ1v) is 8.30. The van der Waals surface area contributed by atoms with Crippen molar-refractivity contribution in [3.8, 4) is 0 Å². The van der Waals surface area contributed by atoms with E-state index in [2.05, 4.69) is 33.4 Å². The van der Waals surface area contributed by atoms with Crippen molar-refractivity contribution in [2.45, 2.75) is 12.6 Å². The summed E-state index contributed by atoms with van der Waals surface area (Å²) in [6.45, 7) is 3.90. The second kappa shape index (κ2) is 6.32. The Morgan fingerprint density at radius 2 is 1.96 bits per heavy atom. The lowest BCUT2D eigenvalue weighted by Gasteiger charge is -2.32. The first-order chi connectivity index (χ1) is 11.3. The summed E-state index contributed by atoms with van der Waals surface area (Å²) in [5.41, 5.74) is 3.41. The summed E-state index contributed by atoms with van der Waals surface area (Å²) < 4.78 is 0. The van der Waals surface area contributed by atoms with Gasteiger partial charge in [-0.2, -0.15) is 0 Å². The molecule has 5 heteroatoms. The number of nitrogens with zero attached hydrogens (tertiary/aromatic N) is 2. The van der Waals surface area contributed by atoms with Gasteiger partial charge >= 0.3 is 0 Å². The van der Waals surface area contributed by atoms with Gasteiger partial charge in [-0.05, 0) is 29.8 Å². The molecule has 4 nitrogen and oxygen atoms in total. The van der Waals surface area contributed by atoms with Gasteiger partial charge in [0.25, 0.3) is 0 Å². The Labute approximate surface area is 140 Å². The normalized spacial score (nSPS) is 19.3. The van der Waals surface area contributed by atoms with Crippen LogP contribution < -0.4 is 5.32 Å². The van der Waals surface area contributed by atoms with Gasteiger partial charge in [0.1, 0.15) is 5.82 Å². The van der Waals surface area contributed by atoms with Crippen LogP contribution in [0.2, 0.25) is 5.02 Å². The summed E-state index contributed by atoms with van der Waals surface area (Å²) in [4.78, 5) is 10.6. The van der Waals surface area contributed by atoms with E-state index in [9.17, 15) is 0 Å². The third kappa shape index (κ3) is 3.24. The van der Waals surface area contributed by atoms with Gasteiger partial charge in [-0.15, -0.1) is 0 Å². The average molecular weight is 327 g/mol. The monoisotopic (exact) mass is 326 g/mol. The molecule has 1 aliphatic heterocycles. The van der Waals surface area contributed by atoms with Gasteiger partial charge in [0.2, 0.25) is 0 Å². The molecule has 23 heavy (non-hydrogen) atoms. The summed E-state index contributed by atoms with van der Waals surface area (Å²) in [5.74, 6) is 1.02. The van der Waals surface area contributed by atoms with E-state index in [1.165, 1.54) is 5.56 Å². The fourth-order valence-electron chi connectivity index (χ4n) is 3.12. The van der Waals surface area contributed by atoms with Gasteiger partial charge in [0.05, 0.1) is 17.1 Å². The number of aromatic nitrogens is 2. The van der Waals surface area contributed by atoms with Crippen molar-refractivity contribution in [1.29, 1.82) is 0 Å². The van der Waals surface area contributed by atoms with E-state index in [1.807, 2.05) is 30.3 Å². The van der Waals surface area contributed by atoms with Crippen molar-refractivity contribution < 1.29 is 0 Å². The summed E-state index contributed by atoms with van der Waals surface area (Å²) in [6.07, 6.45) is 0. The van der Waals surface area contributed by atoms with Crippen molar-refractivity contribution in [1.82, 2.24) is 20.2 Å². The van der Waals surface area contributed by atoms with Crippen molar-refractivity contribution in [2.24, 2.45) is 0 Å². The number of halogens is 1. The molecule has 3 aromatic rings. The standard InChI is InChI=1S/C18H19ClN4/c19-14-7-5-13(6-8-14)11-23-10-9-20-17(12-23)18-21-15-3-1-2-4-16(15)22-18/h1-8,17,20H,9-12H2,(H,21,22). The maximum Gasteiger partial charge on any atom is 0.125 e. The summed E-state index contributed by atoms with van der Waals surface area (Å²) in [6, 6.07) is 16.5. The zero-order valence-corrected chi connectivity index (χ0v) is 13.6. The quantitative estimate of drug-likeness (QED) is 0.775. The Morgan fingerprint density at radius 1 is 1.13 bits per heavy atom. The molecule has 1 fully saturated rings. The topological polar surface area (TPSA) is 44.0 Å². The number of benzene rings is 2. The maximum absolute atomic E-state index is 5.96. The van der Waals surface area contributed by atoms with Gasteiger partial charge < -0.3 is 10.3 Å². The number of nitrogens with one attached hydrogen (secondary N) is 2. The van der Waals surface area contributed by atoms with E-state index < -0.39 is 0 Å². The number of hydrogen-bond acceptors (Lipinski definition) is 3. The largest absolute Gasteiger partial charge is 0.341 e. The van der Waals surface area contributed by atoms with Gasteiger partial charge in [0.15, 0.2) is 0 Å². The van der Waals surface area contributed by atoms with E-state index >= 15 is 0 Å². The minimum absolute atomic E-state index is 0.239. The van der Waals surface area contributed by atoms with E-state index in [1.54, 1.807) is 0 Å². The zero-order valence-electron chi connectivity index (χ0n) is 12.8. The molecule has 0 saturated carbocycles. The van der Waals surface area contributed by atoms with Crippen LogP contribution in [0.4, 0.5) is 0 Å². The number of para-hydroxylation sites is 2. The summed E-state index contributed by atoms with van der Waals surface area (Å²) in [7, 11) is 0. The predicted octanol–water partition coefficient (Wildman–Crippen LogP) is 3.36. The molecule has 1 atom stereocenters. The second-order valence-corrected chi connectivity index (χ2v) is 6.44. The number of aromatic amines is 1. The lowest BCUT2D eigenvalue weighted by atomic mass is 10.1. The summed E-state index contributed by atoms with van der Waals surface area (Å²) >= 11 is 5.96. The Morgan fingerprint density at radius 3 is 2.78 bits per heavy atom. The van der Waals surface area contributed by atoms with Crippen molar-refractivity contribution >= 4 is 22.6 Å².